The summed E-state index contributed by atoms with van der Waals surface area (Å²) in [6, 6.07) is 15.0. The first-order chi connectivity index (χ1) is 9.70. The maximum atomic E-state index is 6.02. The summed E-state index contributed by atoms with van der Waals surface area (Å²) in [5, 5.41) is 3.53. The van der Waals surface area contributed by atoms with E-state index in [1.165, 1.54) is 22.0 Å². The number of benzene rings is 2. The summed E-state index contributed by atoms with van der Waals surface area (Å²) in [4.78, 5) is 0. The van der Waals surface area contributed by atoms with E-state index in [0.717, 1.165) is 22.5 Å². The van der Waals surface area contributed by atoms with Crippen LogP contribution in [0.25, 0.3) is 0 Å². The Balaban J connectivity index is 1.78. The summed E-state index contributed by atoms with van der Waals surface area (Å²) >= 11 is 5.81. The Hall–Kier alpha value is -0.590. The summed E-state index contributed by atoms with van der Waals surface area (Å²) in [6.07, 6.45) is 2.59. The average molecular weight is 444 g/mol. The van der Waals surface area contributed by atoms with Crippen LogP contribution in [0, 0.1) is 3.57 Å². The molecule has 0 amide bonds. The second-order valence-corrected chi connectivity index (χ2v) is 7.12. The predicted molar refractivity (Wildman–Crippen MR) is 93.2 cm³/mol. The number of ether oxygens (including phenoxy) is 1. The highest BCUT2D eigenvalue weighted by Crippen LogP contribution is 2.30. The zero-order chi connectivity index (χ0) is 13.9. The van der Waals surface area contributed by atoms with Crippen molar-refractivity contribution in [3.63, 3.8) is 0 Å². The van der Waals surface area contributed by atoms with Crippen molar-refractivity contribution >= 4 is 38.5 Å². The average Bonchev–Trinajstić information content (AvgIpc) is 3.25. The molecule has 0 atom stereocenters. The zero-order valence-corrected chi connectivity index (χ0v) is 14.6. The van der Waals surface area contributed by atoms with Crippen molar-refractivity contribution < 1.29 is 4.74 Å². The van der Waals surface area contributed by atoms with E-state index in [4.69, 9.17) is 4.74 Å². The molecule has 104 valence electrons. The maximum Gasteiger partial charge on any atom is 0.133 e. The van der Waals surface area contributed by atoms with E-state index >= 15 is 0 Å². The number of halogens is 2. The van der Waals surface area contributed by atoms with Crippen molar-refractivity contribution in [1.29, 1.82) is 0 Å². The number of rotatable bonds is 5. The van der Waals surface area contributed by atoms with Gasteiger partial charge in [0.15, 0.2) is 0 Å². The third kappa shape index (κ3) is 3.96. The molecule has 1 fully saturated rings. The Morgan fingerprint density at radius 3 is 2.60 bits per heavy atom. The summed E-state index contributed by atoms with van der Waals surface area (Å²) in [5.74, 6) is 1.78. The lowest BCUT2D eigenvalue weighted by Crippen LogP contribution is -2.15. The van der Waals surface area contributed by atoms with Gasteiger partial charge in [-0.15, -0.1) is 0 Å². The monoisotopic (exact) mass is 443 g/mol. The number of hydrogen-bond acceptors (Lipinski definition) is 2. The maximum absolute atomic E-state index is 6.02. The van der Waals surface area contributed by atoms with Crippen molar-refractivity contribution in [3.8, 4) is 11.5 Å². The van der Waals surface area contributed by atoms with Gasteiger partial charge in [0.1, 0.15) is 11.5 Å². The minimum Gasteiger partial charge on any atom is -0.457 e. The molecule has 1 aliphatic carbocycles. The van der Waals surface area contributed by atoms with Crippen LogP contribution in [-0.2, 0) is 6.54 Å². The molecule has 0 heterocycles. The molecule has 0 aromatic heterocycles. The van der Waals surface area contributed by atoms with E-state index in [2.05, 4.69) is 68.1 Å². The fraction of sp³-hybridized carbons (Fsp3) is 0.250. The summed E-state index contributed by atoms with van der Waals surface area (Å²) < 4.78 is 8.27. The Morgan fingerprint density at radius 1 is 1.15 bits per heavy atom. The van der Waals surface area contributed by atoms with E-state index in [0.29, 0.717) is 6.04 Å². The lowest BCUT2D eigenvalue weighted by molar-refractivity contribution is 0.472. The fourth-order valence-corrected chi connectivity index (χ4v) is 2.64. The van der Waals surface area contributed by atoms with E-state index in [1.807, 2.05) is 18.2 Å². The SMILES string of the molecule is Brc1ccc(CNC2CC2)c(Oc2ccc(I)cc2)c1. The summed E-state index contributed by atoms with van der Waals surface area (Å²) in [7, 11) is 0. The molecule has 1 N–H and O–H groups in total. The van der Waals surface area contributed by atoms with E-state index in [-0.39, 0.29) is 0 Å². The van der Waals surface area contributed by atoms with Gasteiger partial charge in [0.05, 0.1) is 0 Å². The van der Waals surface area contributed by atoms with Crippen LogP contribution in [0.1, 0.15) is 18.4 Å². The van der Waals surface area contributed by atoms with E-state index in [9.17, 15) is 0 Å². The van der Waals surface area contributed by atoms with Gasteiger partial charge < -0.3 is 10.1 Å². The molecular formula is C16H15BrINO. The molecule has 0 aliphatic heterocycles. The van der Waals surface area contributed by atoms with Gasteiger partial charge in [-0.05, 0) is 71.8 Å². The van der Waals surface area contributed by atoms with Crippen LogP contribution in [-0.4, -0.2) is 6.04 Å². The van der Waals surface area contributed by atoms with Crippen LogP contribution in [0.15, 0.2) is 46.9 Å². The Morgan fingerprint density at radius 2 is 1.90 bits per heavy atom. The first-order valence-corrected chi connectivity index (χ1v) is 8.53. The van der Waals surface area contributed by atoms with Gasteiger partial charge in [-0.25, -0.2) is 0 Å². The minimum atomic E-state index is 0.699. The van der Waals surface area contributed by atoms with Gasteiger partial charge >= 0.3 is 0 Å². The van der Waals surface area contributed by atoms with Crippen LogP contribution >= 0.6 is 38.5 Å². The second kappa shape index (κ2) is 6.45. The Labute approximate surface area is 141 Å². The van der Waals surface area contributed by atoms with Gasteiger partial charge in [-0.2, -0.15) is 0 Å². The predicted octanol–water partition coefficient (Wildman–Crippen LogP) is 5.10. The number of hydrogen-bond donors (Lipinski definition) is 1. The van der Waals surface area contributed by atoms with Crippen LogP contribution in [0.5, 0.6) is 11.5 Å². The quantitative estimate of drug-likeness (QED) is 0.649. The van der Waals surface area contributed by atoms with Crippen LogP contribution in [0.3, 0.4) is 0 Å². The van der Waals surface area contributed by atoms with Crippen molar-refractivity contribution in [2.75, 3.05) is 0 Å². The molecular weight excluding hydrogens is 429 g/mol. The van der Waals surface area contributed by atoms with Gasteiger partial charge in [0.25, 0.3) is 0 Å². The van der Waals surface area contributed by atoms with Crippen LogP contribution < -0.4 is 10.1 Å². The lowest BCUT2D eigenvalue weighted by atomic mass is 10.2. The molecule has 0 unspecified atom stereocenters. The largest absolute Gasteiger partial charge is 0.457 e. The smallest absolute Gasteiger partial charge is 0.133 e. The first kappa shape index (κ1) is 14.4. The van der Waals surface area contributed by atoms with Crippen molar-refractivity contribution in [3.05, 3.63) is 56.1 Å². The molecule has 0 spiro atoms. The van der Waals surface area contributed by atoms with Crippen LogP contribution in [0.4, 0.5) is 0 Å². The van der Waals surface area contributed by atoms with Gasteiger partial charge in [0, 0.05) is 26.2 Å². The molecule has 0 saturated heterocycles. The Bertz CT molecular complexity index is 596. The molecule has 0 radical (unpaired) electrons. The molecule has 20 heavy (non-hydrogen) atoms. The zero-order valence-electron chi connectivity index (χ0n) is 10.9. The molecule has 4 heteroatoms. The molecule has 3 rings (SSSR count). The minimum absolute atomic E-state index is 0.699. The highest BCUT2D eigenvalue weighted by atomic mass is 127. The third-order valence-electron chi connectivity index (χ3n) is 3.23. The number of nitrogens with one attached hydrogen (secondary N) is 1. The molecule has 1 saturated carbocycles. The van der Waals surface area contributed by atoms with Gasteiger partial charge in [0.2, 0.25) is 0 Å². The third-order valence-corrected chi connectivity index (χ3v) is 4.44. The second-order valence-electron chi connectivity index (χ2n) is 4.96. The molecule has 2 aromatic carbocycles. The Kier molecular flexibility index (Phi) is 4.63. The lowest BCUT2D eigenvalue weighted by Gasteiger charge is -2.12. The highest BCUT2D eigenvalue weighted by Gasteiger charge is 2.20. The van der Waals surface area contributed by atoms with Gasteiger partial charge in [-0.3, -0.25) is 0 Å². The van der Waals surface area contributed by atoms with Crippen LogP contribution in [0.2, 0.25) is 0 Å². The fourth-order valence-electron chi connectivity index (χ4n) is 1.94. The van der Waals surface area contributed by atoms with Crippen molar-refractivity contribution in [2.45, 2.75) is 25.4 Å². The molecule has 2 aromatic rings. The first-order valence-electron chi connectivity index (χ1n) is 6.66. The molecule has 2 nitrogen and oxygen atoms in total. The van der Waals surface area contributed by atoms with Gasteiger partial charge in [-0.1, -0.05) is 22.0 Å². The molecule has 0 bridgehead atoms. The highest BCUT2D eigenvalue weighted by molar-refractivity contribution is 14.1. The van der Waals surface area contributed by atoms with Crippen molar-refractivity contribution in [1.82, 2.24) is 5.32 Å². The topological polar surface area (TPSA) is 21.3 Å². The summed E-state index contributed by atoms with van der Waals surface area (Å²) in [5.41, 5.74) is 1.19. The normalized spacial score (nSPS) is 14.3. The van der Waals surface area contributed by atoms with E-state index < -0.39 is 0 Å². The summed E-state index contributed by atoms with van der Waals surface area (Å²) in [6.45, 7) is 0.859. The molecule has 1 aliphatic rings. The van der Waals surface area contributed by atoms with Crippen molar-refractivity contribution in [2.24, 2.45) is 0 Å². The standard InChI is InChI=1S/C16H15BrINO/c17-12-2-1-11(10-19-14-5-6-14)16(9-12)20-15-7-3-13(18)4-8-15/h1-4,7-9,14,19H,5-6,10H2. The van der Waals surface area contributed by atoms with E-state index in [1.54, 1.807) is 0 Å².